The van der Waals surface area contributed by atoms with Crippen LogP contribution in [0.2, 0.25) is 0 Å². The lowest BCUT2D eigenvalue weighted by molar-refractivity contribution is -0.132. The van der Waals surface area contributed by atoms with E-state index in [0.717, 1.165) is 48.4 Å². The Labute approximate surface area is 182 Å². The number of carbonyl (C=O) groups excluding carboxylic acids is 1. The van der Waals surface area contributed by atoms with Crippen molar-refractivity contribution in [2.45, 2.75) is 19.4 Å². The van der Waals surface area contributed by atoms with Gasteiger partial charge < -0.3 is 19.7 Å². The van der Waals surface area contributed by atoms with Crippen LogP contribution in [0.15, 0.2) is 66.9 Å². The zero-order valence-electron chi connectivity index (χ0n) is 17.7. The molecule has 31 heavy (non-hydrogen) atoms. The molecule has 1 saturated heterocycles. The van der Waals surface area contributed by atoms with Crippen molar-refractivity contribution in [1.29, 1.82) is 0 Å². The number of likely N-dealkylation sites (tertiary alicyclic amines) is 1. The van der Waals surface area contributed by atoms with E-state index in [9.17, 15) is 4.79 Å². The summed E-state index contributed by atoms with van der Waals surface area (Å²) in [6, 6.07) is 19.8. The maximum atomic E-state index is 12.2. The van der Waals surface area contributed by atoms with Crippen molar-refractivity contribution in [3.63, 3.8) is 0 Å². The Kier molecular flexibility index (Phi) is 6.67. The van der Waals surface area contributed by atoms with Gasteiger partial charge in [0, 0.05) is 31.4 Å². The van der Waals surface area contributed by atoms with Crippen molar-refractivity contribution < 1.29 is 14.3 Å². The molecule has 6 nitrogen and oxygen atoms in total. The van der Waals surface area contributed by atoms with Gasteiger partial charge in [-0.05, 0) is 42.7 Å². The lowest BCUT2D eigenvalue weighted by Gasteiger charge is -2.17. The van der Waals surface area contributed by atoms with E-state index in [4.69, 9.17) is 9.47 Å². The first kappa shape index (κ1) is 20.7. The molecule has 1 aromatic heterocycles. The Morgan fingerprint density at radius 1 is 1.03 bits per heavy atom. The Balaban J connectivity index is 1.41. The minimum Gasteiger partial charge on any atom is -0.493 e. The van der Waals surface area contributed by atoms with Crippen LogP contribution in [-0.2, 0) is 11.3 Å². The van der Waals surface area contributed by atoms with Gasteiger partial charge in [-0.3, -0.25) is 9.78 Å². The highest BCUT2D eigenvalue weighted by Gasteiger charge is 2.19. The molecule has 1 aliphatic rings. The average Bonchev–Trinajstić information content (AvgIpc) is 3.37. The molecule has 4 rings (SSSR count). The molecule has 0 spiro atoms. The van der Waals surface area contributed by atoms with E-state index in [-0.39, 0.29) is 12.5 Å². The van der Waals surface area contributed by atoms with Crippen molar-refractivity contribution in [3.05, 3.63) is 72.4 Å². The Morgan fingerprint density at radius 3 is 2.61 bits per heavy atom. The molecule has 1 fully saturated rings. The predicted molar refractivity (Wildman–Crippen MR) is 121 cm³/mol. The number of pyridine rings is 1. The minimum absolute atomic E-state index is 0.0234. The number of rotatable bonds is 8. The molecule has 0 atom stereocenters. The van der Waals surface area contributed by atoms with Gasteiger partial charge in [0.25, 0.3) is 5.91 Å². The summed E-state index contributed by atoms with van der Waals surface area (Å²) in [5.74, 6) is 1.21. The monoisotopic (exact) mass is 417 g/mol. The summed E-state index contributed by atoms with van der Waals surface area (Å²) in [7, 11) is 1.61. The van der Waals surface area contributed by atoms with Gasteiger partial charge in [0.1, 0.15) is 0 Å². The predicted octanol–water partition coefficient (Wildman–Crippen LogP) is 4.37. The van der Waals surface area contributed by atoms with Crippen LogP contribution in [0, 0.1) is 0 Å². The highest BCUT2D eigenvalue weighted by Crippen LogP contribution is 2.30. The third kappa shape index (κ3) is 5.15. The number of hydrogen-bond donors (Lipinski definition) is 1. The quantitative estimate of drug-likeness (QED) is 0.590. The van der Waals surface area contributed by atoms with Gasteiger partial charge in [-0.2, -0.15) is 0 Å². The van der Waals surface area contributed by atoms with Crippen LogP contribution in [0.5, 0.6) is 11.5 Å². The summed E-state index contributed by atoms with van der Waals surface area (Å²) in [6.45, 7) is 2.28. The van der Waals surface area contributed by atoms with E-state index >= 15 is 0 Å². The smallest absolute Gasteiger partial charge is 0.260 e. The standard InChI is InChI=1S/C25H27N3O3/c1-30-23-16-19(11-12-22(23)31-18-24(29)28-14-5-6-15-28)17-27-21-10-7-13-26-25(21)20-8-3-2-4-9-20/h2-4,7-13,16,27H,5-6,14-15,17-18H2,1H3. The van der Waals surface area contributed by atoms with Crippen molar-refractivity contribution in [3.8, 4) is 22.8 Å². The first-order valence-corrected chi connectivity index (χ1v) is 10.6. The number of benzene rings is 2. The Hall–Kier alpha value is -3.54. The number of nitrogens with one attached hydrogen (secondary N) is 1. The molecule has 2 heterocycles. The van der Waals surface area contributed by atoms with Gasteiger partial charge in [0.05, 0.1) is 18.5 Å². The van der Waals surface area contributed by atoms with Gasteiger partial charge in [0.2, 0.25) is 0 Å². The third-order valence-electron chi connectivity index (χ3n) is 5.38. The Morgan fingerprint density at radius 2 is 1.84 bits per heavy atom. The number of methoxy groups -OCH3 is 1. The molecule has 6 heteroatoms. The number of carbonyl (C=O) groups is 1. The summed E-state index contributed by atoms with van der Waals surface area (Å²) in [5, 5.41) is 3.47. The summed E-state index contributed by atoms with van der Waals surface area (Å²) in [6.07, 6.45) is 3.94. The number of ether oxygens (including phenoxy) is 2. The number of amides is 1. The van der Waals surface area contributed by atoms with Crippen molar-refractivity contribution in [2.75, 3.05) is 32.1 Å². The molecule has 0 saturated carbocycles. The summed E-state index contributed by atoms with van der Waals surface area (Å²) >= 11 is 0. The molecular formula is C25H27N3O3. The third-order valence-corrected chi connectivity index (χ3v) is 5.38. The van der Waals surface area contributed by atoms with Crippen molar-refractivity contribution in [2.24, 2.45) is 0 Å². The molecule has 1 amide bonds. The number of anilines is 1. The van der Waals surface area contributed by atoms with E-state index in [1.165, 1.54) is 0 Å². The zero-order valence-corrected chi connectivity index (χ0v) is 17.7. The van der Waals surface area contributed by atoms with E-state index < -0.39 is 0 Å². The van der Waals surface area contributed by atoms with E-state index in [0.29, 0.717) is 18.0 Å². The van der Waals surface area contributed by atoms with Crippen LogP contribution in [0.1, 0.15) is 18.4 Å². The summed E-state index contributed by atoms with van der Waals surface area (Å²) < 4.78 is 11.2. The van der Waals surface area contributed by atoms with Crippen LogP contribution >= 0.6 is 0 Å². The maximum Gasteiger partial charge on any atom is 0.260 e. The largest absolute Gasteiger partial charge is 0.493 e. The maximum absolute atomic E-state index is 12.2. The summed E-state index contributed by atoms with van der Waals surface area (Å²) in [4.78, 5) is 18.6. The second-order valence-corrected chi connectivity index (χ2v) is 7.48. The number of hydrogen-bond acceptors (Lipinski definition) is 5. The highest BCUT2D eigenvalue weighted by molar-refractivity contribution is 5.78. The molecule has 1 aliphatic heterocycles. The van der Waals surface area contributed by atoms with Gasteiger partial charge in [0.15, 0.2) is 18.1 Å². The lowest BCUT2D eigenvalue weighted by Crippen LogP contribution is -2.32. The highest BCUT2D eigenvalue weighted by atomic mass is 16.5. The average molecular weight is 418 g/mol. The molecule has 3 aromatic rings. The summed E-state index contributed by atoms with van der Waals surface area (Å²) in [5.41, 5.74) is 3.98. The molecule has 2 aromatic carbocycles. The molecule has 160 valence electrons. The van der Waals surface area contributed by atoms with E-state index in [1.54, 1.807) is 13.3 Å². The lowest BCUT2D eigenvalue weighted by atomic mass is 10.1. The molecule has 0 aliphatic carbocycles. The fraction of sp³-hybridized carbons (Fsp3) is 0.280. The molecular weight excluding hydrogens is 390 g/mol. The van der Waals surface area contributed by atoms with Crippen LogP contribution in [0.4, 0.5) is 5.69 Å². The first-order valence-electron chi connectivity index (χ1n) is 10.6. The fourth-order valence-corrected chi connectivity index (χ4v) is 3.71. The van der Waals surface area contributed by atoms with Crippen molar-refractivity contribution >= 4 is 11.6 Å². The van der Waals surface area contributed by atoms with Crippen molar-refractivity contribution in [1.82, 2.24) is 9.88 Å². The molecule has 0 unspecified atom stereocenters. The Bertz CT molecular complexity index is 1020. The van der Waals surface area contributed by atoms with Crippen LogP contribution in [0.25, 0.3) is 11.3 Å². The van der Waals surface area contributed by atoms with Crippen LogP contribution in [-0.4, -0.2) is 42.6 Å². The van der Waals surface area contributed by atoms with Gasteiger partial charge >= 0.3 is 0 Å². The van der Waals surface area contributed by atoms with Gasteiger partial charge in [-0.15, -0.1) is 0 Å². The number of aromatic nitrogens is 1. The zero-order chi connectivity index (χ0) is 21.5. The second-order valence-electron chi connectivity index (χ2n) is 7.48. The normalized spacial score (nSPS) is 13.1. The van der Waals surface area contributed by atoms with Gasteiger partial charge in [-0.1, -0.05) is 36.4 Å². The number of nitrogens with zero attached hydrogens (tertiary/aromatic N) is 2. The van der Waals surface area contributed by atoms with Crippen LogP contribution < -0.4 is 14.8 Å². The topological polar surface area (TPSA) is 63.7 Å². The molecule has 0 radical (unpaired) electrons. The molecule has 1 N–H and O–H groups in total. The first-order chi connectivity index (χ1) is 15.2. The van der Waals surface area contributed by atoms with Crippen LogP contribution in [0.3, 0.4) is 0 Å². The van der Waals surface area contributed by atoms with E-state index in [1.807, 2.05) is 65.6 Å². The SMILES string of the molecule is COc1cc(CNc2cccnc2-c2ccccc2)ccc1OCC(=O)N1CCCC1. The van der Waals surface area contributed by atoms with Gasteiger partial charge in [-0.25, -0.2) is 0 Å². The second kappa shape index (κ2) is 9.98. The fourth-order valence-electron chi connectivity index (χ4n) is 3.71. The molecule has 0 bridgehead atoms. The minimum atomic E-state index is 0.0234. The van der Waals surface area contributed by atoms with E-state index in [2.05, 4.69) is 10.3 Å².